The Labute approximate surface area is 165 Å². The summed E-state index contributed by atoms with van der Waals surface area (Å²) in [7, 11) is 0. The van der Waals surface area contributed by atoms with Gasteiger partial charge in [-0.2, -0.15) is 0 Å². The number of rotatable bonds is 4. The summed E-state index contributed by atoms with van der Waals surface area (Å²) in [5.74, 6) is 1.03. The fourth-order valence-electron chi connectivity index (χ4n) is 3.89. The summed E-state index contributed by atoms with van der Waals surface area (Å²) in [6, 6.07) is 6.63. The lowest BCUT2D eigenvalue weighted by Crippen LogP contribution is -2.52. The molecule has 0 bridgehead atoms. The molecule has 6 heteroatoms. The first-order valence-corrected chi connectivity index (χ1v) is 10.9. The van der Waals surface area contributed by atoms with Crippen LogP contribution < -0.4 is 5.32 Å². The summed E-state index contributed by atoms with van der Waals surface area (Å²) in [6.45, 7) is 3.90. The molecule has 1 N–H and O–H groups in total. The van der Waals surface area contributed by atoms with Gasteiger partial charge in [0.25, 0.3) is 5.91 Å². The molecule has 2 fully saturated rings. The molecule has 1 aliphatic heterocycles. The van der Waals surface area contributed by atoms with Crippen molar-refractivity contribution in [2.75, 3.05) is 5.75 Å². The lowest BCUT2D eigenvalue weighted by Gasteiger charge is -2.35. The number of carbonyl (C=O) groups excluding carboxylic acids is 2. The van der Waals surface area contributed by atoms with Crippen molar-refractivity contribution in [2.45, 2.75) is 63.4 Å². The maximum atomic E-state index is 13.3. The van der Waals surface area contributed by atoms with E-state index in [0.717, 1.165) is 12.8 Å². The molecule has 4 nitrogen and oxygen atoms in total. The van der Waals surface area contributed by atoms with Gasteiger partial charge in [0.15, 0.2) is 0 Å². The van der Waals surface area contributed by atoms with Crippen LogP contribution >= 0.6 is 23.4 Å². The van der Waals surface area contributed by atoms with Gasteiger partial charge in [0, 0.05) is 22.4 Å². The van der Waals surface area contributed by atoms with E-state index in [9.17, 15) is 9.59 Å². The Hall–Kier alpha value is -1.20. The minimum atomic E-state index is -0.405. The third kappa shape index (κ3) is 4.37. The largest absolute Gasteiger partial charge is 0.352 e. The molecular weight excluding hydrogens is 368 g/mol. The number of carbonyl (C=O) groups is 2. The molecule has 1 saturated heterocycles. The summed E-state index contributed by atoms with van der Waals surface area (Å²) in [5.41, 5.74) is 0.597. The number of hydrogen-bond acceptors (Lipinski definition) is 3. The summed E-state index contributed by atoms with van der Waals surface area (Å²) in [6.07, 6.45) is 5.98. The molecule has 142 valence electrons. The summed E-state index contributed by atoms with van der Waals surface area (Å²) < 4.78 is 0. The number of nitrogens with one attached hydrogen (secondary N) is 1. The van der Waals surface area contributed by atoms with E-state index in [1.165, 1.54) is 19.3 Å². The van der Waals surface area contributed by atoms with Gasteiger partial charge < -0.3 is 10.2 Å². The van der Waals surface area contributed by atoms with Crippen molar-refractivity contribution in [2.24, 2.45) is 5.92 Å². The van der Waals surface area contributed by atoms with Crippen LogP contribution in [0.2, 0.25) is 5.02 Å². The van der Waals surface area contributed by atoms with Crippen LogP contribution in [0.3, 0.4) is 0 Å². The second-order valence-corrected chi connectivity index (χ2v) is 9.11. The summed E-state index contributed by atoms with van der Waals surface area (Å²) in [5, 5.41) is 3.68. The lowest BCUT2D eigenvalue weighted by atomic mass is 9.88. The van der Waals surface area contributed by atoms with Gasteiger partial charge in [-0.15, -0.1) is 11.8 Å². The van der Waals surface area contributed by atoms with Crippen molar-refractivity contribution in [1.29, 1.82) is 0 Å². The van der Waals surface area contributed by atoms with E-state index in [-0.39, 0.29) is 23.2 Å². The second-order valence-electron chi connectivity index (χ2n) is 7.52. The zero-order valence-electron chi connectivity index (χ0n) is 15.4. The number of benzene rings is 1. The van der Waals surface area contributed by atoms with Crippen LogP contribution in [-0.2, 0) is 4.79 Å². The second kappa shape index (κ2) is 8.66. The molecule has 1 aromatic carbocycles. The highest BCUT2D eigenvalue weighted by Gasteiger charge is 2.45. The number of halogens is 1. The summed E-state index contributed by atoms with van der Waals surface area (Å²) >= 11 is 7.73. The molecule has 0 radical (unpaired) electrons. The first kappa shape index (κ1) is 19.6. The fourth-order valence-corrected chi connectivity index (χ4v) is 5.66. The molecule has 2 aliphatic rings. The Bertz CT molecular complexity index is 644. The van der Waals surface area contributed by atoms with Crippen molar-refractivity contribution in [3.8, 4) is 0 Å². The molecule has 0 spiro atoms. The standard InChI is InChI=1S/C20H27ClN2O2S/c1-13(2)22-18(24)17-12-26-20(15-6-4-3-5-7-15)23(17)19(25)14-8-10-16(21)11-9-14/h8-11,13,15,17,20H,3-7,12H2,1-2H3,(H,22,24)/t17-,20+/m1/s1. The molecule has 0 unspecified atom stereocenters. The minimum Gasteiger partial charge on any atom is -0.352 e. The Morgan fingerprint density at radius 1 is 1.15 bits per heavy atom. The van der Waals surface area contributed by atoms with Crippen LogP contribution in [0.15, 0.2) is 24.3 Å². The molecule has 3 rings (SSSR count). The van der Waals surface area contributed by atoms with E-state index in [1.54, 1.807) is 36.0 Å². The molecule has 26 heavy (non-hydrogen) atoms. The highest BCUT2D eigenvalue weighted by molar-refractivity contribution is 8.00. The monoisotopic (exact) mass is 394 g/mol. The van der Waals surface area contributed by atoms with Gasteiger partial charge in [0.1, 0.15) is 6.04 Å². The number of amides is 2. The molecular formula is C20H27ClN2O2S. The molecule has 1 aromatic rings. The molecule has 1 saturated carbocycles. The Balaban J connectivity index is 1.86. The third-order valence-electron chi connectivity index (χ3n) is 5.15. The highest BCUT2D eigenvalue weighted by atomic mass is 35.5. The van der Waals surface area contributed by atoms with Crippen LogP contribution in [0.25, 0.3) is 0 Å². The number of nitrogens with zero attached hydrogens (tertiary/aromatic N) is 1. The molecule has 2 atom stereocenters. The molecule has 2 amide bonds. The van der Waals surface area contributed by atoms with Gasteiger partial charge in [-0.1, -0.05) is 30.9 Å². The van der Waals surface area contributed by atoms with Crippen molar-refractivity contribution < 1.29 is 9.59 Å². The fraction of sp³-hybridized carbons (Fsp3) is 0.600. The van der Waals surface area contributed by atoms with Gasteiger partial charge in [-0.3, -0.25) is 9.59 Å². The minimum absolute atomic E-state index is 0.0480. The lowest BCUT2D eigenvalue weighted by molar-refractivity contribution is -0.125. The van der Waals surface area contributed by atoms with Crippen LogP contribution in [0, 0.1) is 5.92 Å². The quantitative estimate of drug-likeness (QED) is 0.826. The average Bonchev–Trinajstić information content (AvgIpc) is 3.07. The summed E-state index contributed by atoms with van der Waals surface area (Å²) in [4.78, 5) is 27.9. The van der Waals surface area contributed by atoms with Crippen molar-refractivity contribution >= 4 is 35.2 Å². The molecule has 1 aliphatic carbocycles. The van der Waals surface area contributed by atoms with E-state index in [1.807, 2.05) is 18.7 Å². The van der Waals surface area contributed by atoms with E-state index in [0.29, 0.717) is 22.3 Å². The van der Waals surface area contributed by atoms with E-state index >= 15 is 0 Å². The van der Waals surface area contributed by atoms with E-state index < -0.39 is 6.04 Å². The Morgan fingerprint density at radius 3 is 2.42 bits per heavy atom. The van der Waals surface area contributed by atoms with Gasteiger partial charge in [0.05, 0.1) is 5.37 Å². The molecule has 0 aromatic heterocycles. The van der Waals surface area contributed by atoms with Crippen LogP contribution in [0.1, 0.15) is 56.3 Å². The maximum absolute atomic E-state index is 13.3. The molecule has 1 heterocycles. The van der Waals surface area contributed by atoms with Crippen LogP contribution in [0.4, 0.5) is 0 Å². The highest BCUT2D eigenvalue weighted by Crippen LogP contribution is 2.41. The number of hydrogen-bond donors (Lipinski definition) is 1. The van der Waals surface area contributed by atoms with Gasteiger partial charge in [0.2, 0.25) is 5.91 Å². The van der Waals surface area contributed by atoms with Gasteiger partial charge in [-0.05, 0) is 56.9 Å². The normalized spacial score (nSPS) is 24.1. The zero-order chi connectivity index (χ0) is 18.7. The topological polar surface area (TPSA) is 49.4 Å². The smallest absolute Gasteiger partial charge is 0.255 e. The first-order chi connectivity index (χ1) is 12.5. The predicted octanol–water partition coefficient (Wildman–Crippen LogP) is 4.33. The van der Waals surface area contributed by atoms with E-state index in [4.69, 9.17) is 11.6 Å². The Kier molecular flexibility index (Phi) is 6.51. The maximum Gasteiger partial charge on any atom is 0.255 e. The SMILES string of the molecule is CC(C)NC(=O)[C@H]1CS[C@@H](C2CCCCC2)N1C(=O)c1ccc(Cl)cc1. The van der Waals surface area contributed by atoms with Crippen LogP contribution in [-0.4, -0.2) is 39.9 Å². The zero-order valence-corrected chi connectivity index (χ0v) is 17.0. The van der Waals surface area contributed by atoms with Crippen molar-refractivity contribution in [3.05, 3.63) is 34.9 Å². The van der Waals surface area contributed by atoms with Crippen LogP contribution in [0.5, 0.6) is 0 Å². The van der Waals surface area contributed by atoms with Crippen molar-refractivity contribution in [3.63, 3.8) is 0 Å². The predicted molar refractivity (Wildman–Crippen MR) is 108 cm³/mol. The average molecular weight is 395 g/mol. The third-order valence-corrected chi connectivity index (χ3v) is 6.86. The van der Waals surface area contributed by atoms with Gasteiger partial charge >= 0.3 is 0 Å². The van der Waals surface area contributed by atoms with E-state index in [2.05, 4.69) is 5.32 Å². The van der Waals surface area contributed by atoms with Gasteiger partial charge in [-0.25, -0.2) is 0 Å². The number of thioether (sulfide) groups is 1. The first-order valence-electron chi connectivity index (χ1n) is 9.47. The Morgan fingerprint density at radius 2 is 1.81 bits per heavy atom. The van der Waals surface area contributed by atoms with Crippen molar-refractivity contribution in [1.82, 2.24) is 10.2 Å².